The maximum Gasteiger partial charge on any atom is 0.163 e. The minimum Gasteiger partial charge on any atom is -0.489 e. The van der Waals surface area contributed by atoms with Gasteiger partial charge in [-0.15, -0.1) is 0 Å². The molecule has 240 valence electrons. The molecule has 0 saturated heterocycles. The molecular weight excluding hydrogens is 671 g/mol. The molecule has 0 bridgehead atoms. The first kappa shape index (κ1) is 36.0. The highest BCUT2D eigenvalue weighted by Gasteiger charge is 2.19. The van der Waals surface area contributed by atoms with Crippen molar-refractivity contribution < 1.29 is 13.9 Å². The third-order valence-corrected chi connectivity index (χ3v) is 9.80. The van der Waals surface area contributed by atoms with E-state index in [2.05, 4.69) is 59.6 Å². The second-order valence-electron chi connectivity index (χ2n) is 12.2. The smallest absolute Gasteiger partial charge is 0.163 e. The Hall–Kier alpha value is -1.47. The minimum absolute atomic E-state index is 0.316. The Balaban J connectivity index is 1.91. The molecule has 0 fully saturated rings. The average Bonchev–Trinajstić information content (AvgIpc) is 3.01. The fraction of sp³-hybridized carbons (Fsp3) is 0.667. The third kappa shape index (κ3) is 11.4. The first-order chi connectivity index (χ1) is 20.9. The van der Waals surface area contributed by atoms with Crippen LogP contribution in [0, 0.1) is 17.7 Å². The van der Waals surface area contributed by atoms with Crippen molar-refractivity contribution in [3.8, 4) is 11.5 Å². The summed E-state index contributed by atoms with van der Waals surface area (Å²) in [6.45, 7) is 10.4. The molecule has 0 aliphatic carbocycles. The maximum absolute atomic E-state index is 14.5. The number of hydrogen-bond donors (Lipinski definition) is 0. The molecule has 1 aromatic heterocycles. The van der Waals surface area contributed by atoms with Gasteiger partial charge in [0.25, 0.3) is 0 Å². The lowest BCUT2D eigenvalue weighted by molar-refractivity contribution is 0.193. The summed E-state index contributed by atoms with van der Waals surface area (Å²) in [5, 5.41) is 0. The number of rotatable bonds is 22. The van der Waals surface area contributed by atoms with Gasteiger partial charge >= 0.3 is 0 Å². The zero-order valence-corrected chi connectivity index (χ0v) is 30.1. The van der Waals surface area contributed by atoms with E-state index in [0.29, 0.717) is 61.8 Å². The van der Waals surface area contributed by atoms with E-state index in [1.54, 1.807) is 0 Å². The molecule has 2 aromatic carbocycles. The van der Waals surface area contributed by atoms with Crippen LogP contribution in [-0.2, 0) is 0 Å². The lowest BCUT2D eigenvalue weighted by Crippen LogP contribution is -2.15. The van der Waals surface area contributed by atoms with Crippen LogP contribution in [0.15, 0.2) is 27.1 Å². The Morgan fingerprint density at radius 2 is 1.05 bits per heavy atom. The van der Waals surface area contributed by atoms with Crippen molar-refractivity contribution in [3.05, 3.63) is 33.0 Å². The van der Waals surface area contributed by atoms with Gasteiger partial charge in [0.15, 0.2) is 11.5 Å². The van der Waals surface area contributed by atoms with Crippen LogP contribution in [0.5, 0.6) is 11.5 Å². The standard InChI is InChI=1S/C36H53Br2FN2O2/c1-5-9-13-15-19-26(17-11-7-3)24-42-32-22-30-31(41-36-34(38)29(39)21-28(37)35(36)40-30)23-33(32)43-25-27(18-12-8-4)20-16-14-10-6-2/h21-23,26-27H,5-20,24-25H2,1-4H3. The van der Waals surface area contributed by atoms with Gasteiger partial charge in [0.2, 0.25) is 0 Å². The van der Waals surface area contributed by atoms with Crippen molar-refractivity contribution in [3.63, 3.8) is 0 Å². The largest absolute Gasteiger partial charge is 0.489 e. The van der Waals surface area contributed by atoms with E-state index in [4.69, 9.17) is 19.4 Å². The molecule has 1 heterocycles. The molecule has 0 N–H and O–H groups in total. The molecule has 0 aliphatic heterocycles. The number of benzene rings is 2. The number of ether oxygens (including phenoxy) is 2. The predicted molar refractivity (Wildman–Crippen MR) is 187 cm³/mol. The van der Waals surface area contributed by atoms with Crippen LogP contribution in [0.3, 0.4) is 0 Å². The Labute approximate surface area is 276 Å². The maximum atomic E-state index is 14.5. The van der Waals surface area contributed by atoms with Crippen LogP contribution in [0.1, 0.15) is 130 Å². The fourth-order valence-corrected chi connectivity index (χ4v) is 6.58. The quantitative estimate of drug-likeness (QED) is 0.0588. The molecule has 3 rings (SSSR count). The van der Waals surface area contributed by atoms with E-state index in [0.717, 1.165) is 5.75 Å². The van der Waals surface area contributed by atoms with E-state index < -0.39 is 0 Å². The summed E-state index contributed by atoms with van der Waals surface area (Å²) in [4.78, 5) is 9.71. The lowest BCUT2D eigenvalue weighted by Gasteiger charge is -2.21. The summed E-state index contributed by atoms with van der Waals surface area (Å²) in [6.07, 6.45) is 19.7. The Bertz CT molecular complexity index is 1260. The van der Waals surface area contributed by atoms with Gasteiger partial charge in [0.1, 0.15) is 16.9 Å². The van der Waals surface area contributed by atoms with Crippen LogP contribution in [0.4, 0.5) is 4.39 Å². The van der Waals surface area contributed by atoms with Crippen molar-refractivity contribution >= 4 is 53.9 Å². The number of fused-ring (bicyclic) bond motifs is 2. The molecule has 2 atom stereocenters. The number of halogens is 3. The third-order valence-electron chi connectivity index (χ3n) is 8.44. The van der Waals surface area contributed by atoms with Crippen LogP contribution < -0.4 is 9.47 Å². The molecule has 7 heteroatoms. The second kappa shape index (κ2) is 19.8. The van der Waals surface area contributed by atoms with Gasteiger partial charge in [-0.2, -0.15) is 0 Å². The molecule has 0 radical (unpaired) electrons. The van der Waals surface area contributed by atoms with E-state index in [1.807, 2.05) is 12.1 Å². The van der Waals surface area contributed by atoms with E-state index in [1.165, 1.54) is 109 Å². The van der Waals surface area contributed by atoms with Gasteiger partial charge in [-0.3, -0.25) is 0 Å². The summed E-state index contributed by atoms with van der Waals surface area (Å²) in [5.41, 5.74) is 2.48. The summed E-state index contributed by atoms with van der Waals surface area (Å²) in [6, 6.07) is 5.34. The van der Waals surface area contributed by atoms with Gasteiger partial charge in [0.05, 0.1) is 28.7 Å². The van der Waals surface area contributed by atoms with Crippen LogP contribution >= 0.6 is 31.9 Å². The highest BCUT2D eigenvalue weighted by Crippen LogP contribution is 2.37. The summed E-state index contributed by atoms with van der Waals surface area (Å²) < 4.78 is 28.6. The Kier molecular flexibility index (Phi) is 16.6. The highest BCUT2D eigenvalue weighted by molar-refractivity contribution is 9.11. The summed E-state index contributed by atoms with van der Waals surface area (Å²) in [7, 11) is 0. The average molecular weight is 725 g/mol. The predicted octanol–water partition coefficient (Wildman–Crippen LogP) is 12.8. The molecular formula is C36H53Br2FN2O2. The summed E-state index contributed by atoms with van der Waals surface area (Å²) in [5.74, 6) is 2.10. The SMILES string of the molecule is CCCCCCC(CCCC)COc1cc2nc3c(Br)cc(F)c(Br)c3nc2cc1OCC(CCCC)CCCCCC. The number of aromatic nitrogens is 2. The van der Waals surface area contributed by atoms with Crippen molar-refractivity contribution in [2.24, 2.45) is 11.8 Å². The van der Waals surface area contributed by atoms with Gasteiger partial charge < -0.3 is 9.47 Å². The Morgan fingerprint density at radius 1 is 0.605 bits per heavy atom. The van der Waals surface area contributed by atoms with Crippen molar-refractivity contribution in [1.29, 1.82) is 0 Å². The number of nitrogens with zero attached hydrogens (tertiary/aromatic N) is 2. The van der Waals surface area contributed by atoms with Gasteiger partial charge in [-0.1, -0.05) is 105 Å². The first-order valence-corrected chi connectivity index (χ1v) is 18.5. The van der Waals surface area contributed by atoms with Crippen molar-refractivity contribution in [2.45, 2.75) is 130 Å². The zero-order chi connectivity index (χ0) is 31.0. The fourth-order valence-electron chi connectivity index (χ4n) is 5.71. The molecule has 3 aromatic rings. The summed E-state index contributed by atoms with van der Waals surface area (Å²) >= 11 is 6.86. The molecule has 4 nitrogen and oxygen atoms in total. The molecule has 0 spiro atoms. The first-order valence-electron chi connectivity index (χ1n) is 17.0. The lowest BCUT2D eigenvalue weighted by atomic mass is 9.96. The van der Waals surface area contributed by atoms with Gasteiger partial charge in [-0.25, -0.2) is 14.4 Å². The normalized spacial score (nSPS) is 13.1. The Morgan fingerprint density at radius 3 is 1.51 bits per heavy atom. The van der Waals surface area contributed by atoms with E-state index in [9.17, 15) is 4.39 Å². The molecule has 0 aliphatic rings. The molecule has 0 saturated carbocycles. The topological polar surface area (TPSA) is 44.2 Å². The second-order valence-corrected chi connectivity index (χ2v) is 13.8. The van der Waals surface area contributed by atoms with E-state index in [-0.39, 0.29) is 5.82 Å². The van der Waals surface area contributed by atoms with Crippen LogP contribution in [-0.4, -0.2) is 23.2 Å². The van der Waals surface area contributed by atoms with Crippen molar-refractivity contribution in [1.82, 2.24) is 9.97 Å². The van der Waals surface area contributed by atoms with E-state index >= 15 is 0 Å². The molecule has 2 unspecified atom stereocenters. The van der Waals surface area contributed by atoms with Crippen LogP contribution in [0.25, 0.3) is 22.1 Å². The van der Waals surface area contributed by atoms with Gasteiger partial charge in [-0.05, 0) is 75.4 Å². The number of unbranched alkanes of at least 4 members (excludes halogenated alkanes) is 8. The zero-order valence-electron chi connectivity index (χ0n) is 27.0. The highest BCUT2D eigenvalue weighted by atomic mass is 79.9. The molecule has 43 heavy (non-hydrogen) atoms. The number of hydrogen-bond acceptors (Lipinski definition) is 4. The monoisotopic (exact) mass is 722 g/mol. The van der Waals surface area contributed by atoms with Crippen molar-refractivity contribution in [2.75, 3.05) is 13.2 Å². The van der Waals surface area contributed by atoms with Gasteiger partial charge in [0, 0.05) is 16.6 Å². The minimum atomic E-state index is -0.372. The molecule has 0 amide bonds. The van der Waals surface area contributed by atoms with Crippen LogP contribution in [0.2, 0.25) is 0 Å².